The van der Waals surface area contributed by atoms with E-state index in [9.17, 15) is 4.79 Å². The van der Waals surface area contributed by atoms with Crippen LogP contribution in [0.4, 0.5) is 0 Å². The van der Waals surface area contributed by atoms with Crippen LogP contribution in [0.25, 0.3) is 0 Å². The summed E-state index contributed by atoms with van der Waals surface area (Å²) in [6, 6.07) is 9.52. The molecule has 2 rings (SSSR count). The molecule has 21 heavy (non-hydrogen) atoms. The molecule has 2 aromatic rings. The number of aryl methyl sites for hydroxylation is 2. The number of benzene rings is 1. The van der Waals surface area contributed by atoms with Crippen molar-refractivity contribution in [3.63, 3.8) is 0 Å². The molecule has 0 fully saturated rings. The van der Waals surface area contributed by atoms with Crippen molar-refractivity contribution in [1.82, 2.24) is 4.98 Å². The summed E-state index contributed by atoms with van der Waals surface area (Å²) in [4.78, 5) is 17.3. The quantitative estimate of drug-likeness (QED) is 0.860. The summed E-state index contributed by atoms with van der Waals surface area (Å²) >= 11 is 1.44. The minimum absolute atomic E-state index is 0.0125. The van der Waals surface area contributed by atoms with Gasteiger partial charge in [-0.1, -0.05) is 29.5 Å². The molecule has 0 aliphatic carbocycles. The van der Waals surface area contributed by atoms with E-state index >= 15 is 0 Å². The highest BCUT2D eigenvalue weighted by Gasteiger charge is 2.15. The molecular weight excluding hydrogens is 286 g/mol. The number of ether oxygens (including phenoxy) is 1. The minimum Gasteiger partial charge on any atom is -0.460 e. The standard InChI is InChI=1S/C16H17NO3S/c1-11-5-6-14(12(2)10-11)21-15-13(4-3-7-17-15)16(19)20-9-8-18/h3-7,10,18H,8-9H2,1-2H3. The molecule has 1 aromatic carbocycles. The van der Waals surface area contributed by atoms with Gasteiger partial charge in [0.1, 0.15) is 11.6 Å². The second kappa shape index (κ2) is 7.24. The molecule has 0 saturated heterocycles. The van der Waals surface area contributed by atoms with Crippen molar-refractivity contribution in [1.29, 1.82) is 0 Å². The Morgan fingerprint density at radius 1 is 1.33 bits per heavy atom. The second-order valence-corrected chi connectivity index (χ2v) is 5.62. The van der Waals surface area contributed by atoms with Crippen LogP contribution < -0.4 is 0 Å². The first-order chi connectivity index (χ1) is 10.1. The van der Waals surface area contributed by atoms with Crippen LogP contribution in [0.2, 0.25) is 0 Å². The van der Waals surface area contributed by atoms with Gasteiger partial charge >= 0.3 is 5.97 Å². The van der Waals surface area contributed by atoms with E-state index in [1.165, 1.54) is 17.3 Å². The maximum Gasteiger partial charge on any atom is 0.340 e. The normalized spacial score (nSPS) is 10.4. The minimum atomic E-state index is -0.468. The predicted molar refractivity (Wildman–Crippen MR) is 81.6 cm³/mol. The van der Waals surface area contributed by atoms with Gasteiger partial charge in [0.05, 0.1) is 12.2 Å². The van der Waals surface area contributed by atoms with Crippen LogP contribution in [0.1, 0.15) is 21.5 Å². The molecule has 0 bridgehead atoms. The van der Waals surface area contributed by atoms with Crippen molar-refractivity contribution in [2.24, 2.45) is 0 Å². The topological polar surface area (TPSA) is 59.4 Å². The molecule has 0 atom stereocenters. The highest BCUT2D eigenvalue weighted by Crippen LogP contribution is 2.31. The van der Waals surface area contributed by atoms with Crippen molar-refractivity contribution < 1.29 is 14.6 Å². The van der Waals surface area contributed by atoms with E-state index in [2.05, 4.69) is 11.1 Å². The van der Waals surface area contributed by atoms with Gasteiger partial charge in [0.15, 0.2) is 0 Å². The number of nitrogens with zero attached hydrogens (tertiary/aromatic N) is 1. The Kier molecular flexibility index (Phi) is 5.36. The summed E-state index contributed by atoms with van der Waals surface area (Å²) in [6.07, 6.45) is 1.65. The van der Waals surface area contributed by atoms with E-state index in [-0.39, 0.29) is 13.2 Å². The molecule has 5 heteroatoms. The Bertz CT molecular complexity index is 643. The maximum absolute atomic E-state index is 12.0. The third kappa shape index (κ3) is 4.06. The maximum atomic E-state index is 12.0. The number of aliphatic hydroxyl groups is 1. The molecule has 0 aliphatic heterocycles. The van der Waals surface area contributed by atoms with E-state index in [1.54, 1.807) is 18.3 Å². The number of hydrogen-bond donors (Lipinski definition) is 1. The molecule has 0 spiro atoms. The van der Waals surface area contributed by atoms with E-state index in [0.29, 0.717) is 10.6 Å². The summed E-state index contributed by atoms with van der Waals surface area (Å²) in [7, 11) is 0. The zero-order valence-electron chi connectivity index (χ0n) is 12.0. The molecule has 1 N–H and O–H groups in total. The van der Waals surface area contributed by atoms with Crippen LogP contribution in [0, 0.1) is 13.8 Å². The zero-order valence-corrected chi connectivity index (χ0v) is 12.8. The Morgan fingerprint density at radius 2 is 2.14 bits per heavy atom. The van der Waals surface area contributed by atoms with Crippen LogP contribution in [0.3, 0.4) is 0 Å². The number of aliphatic hydroxyl groups excluding tert-OH is 1. The van der Waals surface area contributed by atoms with Gasteiger partial charge in [-0.25, -0.2) is 9.78 Å². The summed E-state index contributed by atoms with van der Waals surface area (Å²) in [5, 5.41) is 9.33. The highest BCUT2D eigenvalue weighted by atomic mass is 32.2. The summed E-state index contributed by atoms with van der Waals surface area (Å²) in [5.74, 6) is -0.468. The Hall–Kier alpha value is -1.85. The van der Waals surface area contributed by atoms with Gasteiger partial charge in [-0.3, -0.25) is 0 Å². The van der Waals surface area contributed by atoms with Gasteiger partial charge < -0.3 is 9.84 Å². The fourth-order valence-electron chi connectivity index (χ4n) is 1.86. The summed E-state index contributed by atoms with van der Waals surface area (Å²) < 4.78 is 4.96. The lowest BCUT2D eigenvalue weighted by molar-refractivity contribution is 0.0429. The third-order valence-corrected chi connectivity index (χ3v) is 4.05. The smallest absolute Gasteiger partial charge is 0.340 e. The van der Waals surface area contributed by atoms with Crippen LogP contribution in [-0.4, -0.2) is 29.3 Å². The number of aromatic nitrogens is 1. The van der Waals surface area contributed by atoms with Gasteiger partial charge in [0.25, 0.3) is 0 Å². The van der Waals surface area contributed by atoms with Crippen LogP contribution in [0.5, 0.6) is 0 Å². The lowest BCUT2D eigenvalue weighted by Gasteiger charge is -2.09. The molecule has 0 unspecified atom stereocenters. The van der Waals surface area contributed by atoms with Crippen LogP contribution in [-0.2, 0) is 4.74 Å². The number of esters is 1. The zero-order chi connectivity index (χ0) is 15.2. The molecule has 0 radical (unpaired) electrons. The van der Waals surface area contributed by atoms with E-state index in [4.69, 9.17) is 9.84 Å². The number of carbonyl (C=O) groups is 1. The van der Waals surface area contributed by atoms with Gasteiger partial charge in [0.2, 0.25) is 0 Å². The average Bonchev–Trinajstić information content (AvgIpc) is 2.48. The predicted octanol–water partition coefficient (Wildman–Crippen LogP) is 3.00. The van der Waals surface area contributed by atoms with Gasteiger partial charge in [-0.05, 0) is 37.6 Å². The lowest BCUT2D eigenvalue weighted by Crippen LogP contribution is -2.10. The SMILES string of the molecule is Cc1ccc(Sc2ncccc2C(=O)OCCO)c(C)c1. The molecule has 1 heterocycles. The fourth-order valence-corrected chi connectivity index (χ4v) is 2.80. The Labute approximate surface area is 128 Å². The largest absolute Gasteiger partial charge is 0.460 e. The summed E-state index contributed by atoms with van der Waals surface area (Å²) in [6.45, 7) is 3.87. The number of hydrogen-bond acceptors (Lipinski definition) is 5. The second-order valence-electron chi connectivity index (χ2n) is 4.59. The first kappa shape index (κ1) is 15.5. The fraction of sp³-hybridized carbons (Fsp3) is 0.250. The van der Waals surface area contributed by atoms with E-state index in [0.717, 1.165) is 10.5 Å². The average molecular weight is 303 g/mol. The first-order valence-corrected chi connectivity index (χ1v) is 7.41. The van der Waals surface area contributed by atoms with E-state index in [1.807, 2.05) is 26.0 Å². The van der Waals surface area contributed by atoms with Crippen molar-refractivity contribution in [3.05, 3.63) is 53.2 Å². The van der Waals surface area contributed by atoms with Crippen molar-refractivity contribution in [3.8, 4) is 0 Å². The molecule has 4 nitrogen and oxygen atoms in total. The van der Waals surface area contributed by atoms with Gasteiger partial charge in [-0.15, -0.1) is 0 Å². The van der Waals surface area contributed by atoms with Gasteiger partial charge in [-0.2, -0.15) is 0 Å². The number of pyridine rings is 1. The van der Waals surface area contributed by atoms with E-state index < -0.39 is 5.97 Å². The van der Waals surface area contributed by atoms with Crippen molar-refractivity contribution in [2.75, 3.05) is 13.2 Å². The highest BCUT2D eigenvalue weighted by molar-refractivity contribution is 7.99. The van der Waals surface area contributed by atoms with Crippen molar-refractivity contribution in [2.45, 2.75) is 23.8 Å². The molecule has 1 aromatic heterocycles. The summed E-state index contributed by atoms with van der Waals surface area (Å²) in [5.41, 5.74) is 2.75. The van der Waals surface area contributed by atoms with Crippen LogP contribution >= 0.6 is 11.8 Å². The Balaban J connectivity index is 2.26. The van der Waals surface area contributed by atoms with Crippen LogP contribution in [0.15, 0.2) is 46.5 Å². The molecular formula is C16H17NO3S. The van der Waals surface area contributed by atoms with Gasteiger partial charge in [0, 0.05) is 11.1 Å². The molecule has 0 aliphatic rings. The molecule has 0 amide bonds. The lowest BCUT2D eigenvalue weighted by atomic mass is 10.2. The monoisotopic (exact) mass is 303 g/mol. The number of carbonyl (C=O) groups excluding carboxylic acids is 1. The Morgan fingerprint density at radius 3 is 2.86 bits per heavy atom. The van der Waals surface area contributed by atoms with Crippen molar-refractivity contribution >= 4 is 17.7 Å². The molecule has 0 saturated carbocycles. The first-order valence-electron chi connectivity index (χ1n) is 6.60. The molecule has 110 valence electrons. The number of rotatable bonds is 5. The third-order valence-electron chi connectivity index (χ3n) is 2.85.